The molecule has 1 fully saturated rings. The third kappa shape index (κ3) is 5.07. The second kappa shape index (κ2) is 8.98. The lowest BCUT2D eigenvalue weighted by Gasteiger charge is -2.26. The maximum atomic E-state index is 12.4. The fraction of sp³-hybridized carbons (Fsp3) is 0.318. The van der Waals surface area contributed by atoms with Crippen LogP contribution in [0.3, 0.4) is 0 Å². The van der Waals surface area contributed by atoms with Crippen molar-refractivity contribution in [1.29, 1.82) is 0 Å². The van der Waals surface area contributed by atoms with E-state index in [-0.39, 0.29) is 12.5 Å². The molecule has 150 valence electrons. The smallest absolute Gasteiger partial charge is 0.251 e. The molecule has 1 aliphatic rings. The van der Waals surface area contributed by atoms with Gasteiger partial charge >= 0.3 is 0 Å². The molecule has 2 aromatic carbocycles. The van der Waals surface area contributed by atoms with Crippen molar-refractivity contribution in [3.8, 4) is 11.4 Å². The average Bonchev–Trinajstić information content (AvgIpc) is 3.22. The van der Waals surface area contributed by atoms with E-state index < -0.39 is 0 Å². The van der Waals surface area contributed by atoms with Gasteiger partial charge in [0.25, 0.3) is 5.91 Å². The molecule has 0 unspecified atom stereocenters. The van der Waals surface area contributed by atoms with Crippen molar-refractivity contribution in [2.45, 2.75) is 20.0 Å². The van der Waals surface area contributed by atoms with Gasteiger partial charge in [0.2, 0.25) is 11.7 Å². The molecule has 1 aliphatic heterocycles. The Morgan fingerprint density at radius 2 is 1.93 bits per heavy atom. The van der Waals surface area contributed by atoms with Crippen molar-refractivity contribution in [2.24, 2.45) is 0 Å². The Balaban J connectivity index is 1.31. The van der Waals surface area contributed by atoms with Gasteiger partial charge < -0.3 is 14.6 Å². The molecule has 1 aromatic heterocycles. The minimum atomic E-state index is -0.168. The highest BCUT2D eigenvalue weighted by Gasteiger charge is 2.13. The van der Waals surface area contributed by atoms with E-state index in [0.29, 0.717) is 17.3 Å². The summed E-state index contributed by atoms with van der Waals surface area (Å²) in [6.07, 6.45) is 0. The summed E-state index contributed by atoms with van der Waals surface area (Å²) in [6.45, 7) is 6.51. The Kier molecular flexibility index (Phi) is 5.97. The maximum Gasteiger partial charge on any atom is 0.251 e. The Hall–Kier alpha value is -3.03. The van der Waals surface area contributed by atoms with Gasteiger partial charge in [0.1, 0.15) is 0 Å². The summed E-state index contributed by atoms with van der Waals surface area (Å²) < 4.78 is 10.6. The number of amides is 1. The highest BCUT2D eigenvalue weighted by Crippen LogP contribution is 2.17. The molecule has 0 bridgehead atoms. The first-order valence-corrected chi connectivity index (χ1v) is 9.74. The second-order valence-electron chi connectivity index (χ2n) is 7.15. The Morgan fingerprint density at radius 3 is 2.69 bits per heavy atom. The lowest BCUT2D eigenvalue weighted by atomic mass is 10.1. The van der Waals surface area contributed by atoms with Crippen LogP contribution in [0.5, 0.6) is 0 Å². The summed E-state index contributed by atoms with van der Waals surface area (Å²) in [5, 5.41) is 6.82. The topological polar surface area (TPSA) is 80.5 Å². The van der Waals surface area contributed by atoms with E-state index in [0.717, 1.165) is 44.0 Å². The van der Waals surface area contributed by atoms with Crippen molar-refractivity contribution < 1.29 is 14.1 Å². The number of aryl methyl sites for hydroxylation is 1. The molecule has 1 saturated heterocycles. The van der Waals surface area contributed by atoms with Crippen LogP contribution >= 0.6 is 0 Å². The Bertz CT molecular complexity index is 962. The maximum absolute atomic E-state index is 12.4. The first-order valence-electron chi connectivity index (χ1n) is 9.74. The van der Waals surface area contributed by atoms with Crippen LogP contribution < -0.4 is 5.32 Å². The highest BCUT2D eigenvalue weighted by atomic mass is 16.5. The number of morpholine rings is 1. The van der Waals surface area contributed by atoms with Crippen molar-refractivity contribution in [1.82, 2.24) is 20.4 Å². The summed E-state index contributed by atoms with van der Waals surface area (Å²) in [7, 11) is 0. The molecule has 3 aromatic rings. The first kappa shape index (κ1) is 19.3. The number of nitrogens with one attached hydrogen (secondary N) is 1. The predicted molar refractivity (Wildman–Crippen MR) is 108 cm³/mol. The fourth-order valence-corrected chi connectivity index (χ4v) is 3.27. The number of carbonyl (C=O) groups is 1. The minimum Gasteiger partial charge on any atom is -0.379 e. The van der Waals surface area contributed by atoms with Gasteiger partial charge in [-0.15, -0.1) is 0 Å². The lowest BCUT2D eigenvalue weighted by molar-refractivity contribution is 0.0342. The van der Waals surface area contributed by atoms with Gasteiger partial charge in [0.15, 0.2) is 0 Å². The number of hydrogen-bond donors (Lipinski definition) is 1. The third-order valence-corrected chi connectivity index (χ3v) is 4.87. The van der Waals surface area contributed by atoms with Crippen LogP contribution in [-0.2, 0) is 17.8 Å². The average molecular weight is 392 g/mol. The zero-order chi connectivity index (χ0) is 20.1. The standard InChI is InChI=1S/C22H24N4O3/c1-16-3-2-4-19(13-16)21-24-20(29-25-21)14-23-22(27)18-7-5-17(6-8-18)15-26-9-11-28-12-10-26/h2-8,13H,9-12,14-15H2,1H3,(H,23,27). The molecule has 1 amide bonds. The van der Waals surface area contributed by atoms with Crippen LogP contribution in [0.2, 0.25) is 0 Å². The lowest BCUT2D eigenvalue weighted by Crippen LogP contribution is -2.35. The molecule has 0 radical (unpaired) electrons. The molecule has 4 rings (SSSR count). The van der Waals surface area contributed by atoms with E-state index in [1.807, 2.05) is 55.5 Å². The SMILES string of the molecule is Cc1cccc(-c2noc(CNC(=O)c3ccc(CN4CCOCC4)cc3)n2)c1. The van der Waals surface area contributed by atoms with Gasteiger partial charge in [-0.25, -0.2) is 0 Å². The molecule has 7 nitrogen and oxygen atoms in total. The summed E-state index contributed by atoms with van der Waals surface area (Å²) in [6, 6.07) is 15.6. The molecule has 1 N–H and O–H groups in total. The molecule has 0 atom stereocenters. The molecule has 7 heteroatoms. The number of aromatic nitrogens is 2. The third-order valence-electron chi connectivity index (χ3n) is 4.87. The largest absolute Gasteiger partial charge is 0.379 e. The number of hydrogen-bond acceptors (Lipinski definition) is 6. The van der Waals surface area contributed by atoms with Gasteiger partial charge in [0, 0.05) is 30.8 Å². The molecule has 2 heterocycles. The Labute approximate surface area is 169 Å². The zero-order valence-corrected chi connectivity index (χ0v) is 16.4. The van der Waals surface area contributed by atoms with E-state index >= 15 is 0 Å². The van der Waals surface area contributed by atoms with E-state index in [1.165, 1.54) is 5.56 Å². The summed E-state index contributed by atoms with van der Waals surface area (Å²) in [5.74, 6) is 0.724. The fourth-order valence-electron chi connectivity index (χ4n) is 3.27. The van der Waals surface area contributed by atoms with Gasteiger partial charge in [-0.1, -0.05) is 41.1 Å². The quantitative estimate of drug-likeness (QED) is 0.695. The van der Waals surface area contributed by atoms with Gasteiger partial charge in [-0.05, 0) is 30.7 Å². The number of carbonyl (C=O) groups excluding carboxylic acids is 1. The van der Waals surface area contributed by atoms with Gasteiger partial charge in [-0.3, -0.25) is 9.69 Å². The minimum absolute atomic E-state index is 0.168. The number of rotatable bonds is 6. The summed E-state index contributed by atoms with van der Waals surface area (Å²) >= 11 is 0. The van der Waals surface area contributed by atoms with Crippen LogP contribution in [0.1, 0.15) is 27.4 Å². The number of nitrogens with zero attached hydrogens (tertiary/aromatic N) is 3. The van der Waals surface area contributed by atoms with Gasteiger partial charge in [-0.2, -0.15) is 4.98 Å². The van der Waals surface area contributed by atoms with Crippen LogP contribution in [0, 0.1) is 6.92 Å². The second-order valence-corrected chi connectivity index (χ2v) is 7.15. The van der Waals surface area contributed by atoms with Crippen LogP contribution in [-0.4, -0.2) is 47.3 Å². The van der Waals surface area contributed by atoms with Crippen molar-refractivity contribution in [3.05, 3.63) is 71.1 Å². The number of ether oxygens (including phenoxy) is 1. The summed E-state index contributed by atoms with van der Waals surface area (Å²) in [4.78, 5) is 19.1. The highest BCUT2D eigenvalue weighted by molar-refractivity contribution is 5.94. The van der Waals surface area contributed by atoms with E-state index in [2.05, 4.69) is 20.4 Å². The molecular weight excluding hydrogens is 368 g/mol. The van der Waals surface area contributed by atoms with Crippen LogP contribution in [0.25, 0.3) is 11.4 Å². The van der Waals surface area contributed by atoms with E-state index in [1.54, 1.807) is 0 Å². The molecule has 0 saturated carbocycles. The van der Waals surface area contributed by atoms with Crippen molar-refractivity contribution in [2.75, 3.05) is 26.3 Å². The van der Waals surface area contributed by atoms with E-state index in [4.69, 9.17) is 9.26 Å². The normalized spacial score (nSPS) is 14.7. The molecule has 29 heavy (non-hydrogen) atoms. The predicted octanol–water partition coefficient (Wildman–Crippen LogP) is 2.81. The molecular formula is C22H24N4O3. The summed E-state index contributed by atoms with van der Waals surface area (Å²) in [5.41, 5.74) is 3.80. The van der Waals surface area contributed by atoms with Gasteiger partial charge in [0.05, 0.1) is 19.8 Å². The van der Waals surface area contributed by atoms with Crippen LogP contribution in [0.4, 0.5) is 0 Å². The molecule has 0 spiro atoms. The Morgan fingerprint density at radius 1 is 1.14 bits per heavy atom. The van der Waals surface area contributed by atoms with Crippen molar-refractivity contribution in [3.63, 3.8) is 0 Å². The molecule has 0 aliphatic carbocycles. The number of benzene rings is 2. The first-order chi connectivity index (χ1) is 14.2. The van der Waals surface area contributed by atoms with E-state index in [9.17, 15) is 4.79 Å². The van der Waals surface area contributed by atoms with Crippen LogP contribution in [0.15, 0.2) is 53.1 Å². The zero-order valence-electron chi connectivity index (χ0n) is 16.4. The monoisotopic (exact) mass is 392 g/mol. The van der Waals surface area contributed by atoms with Crippen molar-refractivity contribution >= 4 is 5.91 Å².